The minimum absolute atomic E-state index is 0. The summed E-state index contributed by atoms with van der Waals surface area (Å²) in [5, 5.41) is 19.4. The first kappa shape index (κ1) is 32.9. The fourth-order valence-electron chi connectivity index (χ4n) is 3.64. The van der Waals surface area contributed by atoms with Crippen molar-refractivity contribution < 1.29 is 36.4 Å². The van der Waals surface area contributed by atoms with Gasteiger partial charge in [-0.3, -0.25) is 12.2 Å². The van der Waals surface area contributed by atoms with Crippen LogP contribution in [0.3, 0.4) is 0 Å². The molecule has 0 bridgehead atoms. The molecule has 2 aromatic carbocycles. The molecule has 35 heavy (non-hydrogen) atoms. The maximum atomic E-state index is 9.69. The maximum absolute atomic E-state index is 9.69. The Labute approximate surface area is 233 Å². The summed E-state index contributed by atoms with van der Waals surface area (Å²) in [6.45, 7) is 20.3. The Morgan fingerprint density at radius 1 is 0.457 bits per heavy atom. The molecular weight excluding hydrogens is 508 g/mol. The van der Waals surface area contributed by atoms with Gasteiger partial charge in [-0.1, -0.05) is 0 Å². The van der Waals surface area contributed by atoms with Gasteiger partial charge in [0.15, 0.2) is 0 Å². The molecule has 0 atom stereocenters. The molecule has 0 saturated carbocycles. The normalized spacial score (nSPS) is 12.2. The predicted octanol–water partition coefficient (Wildman–Crippen LogP) is 8.48. The van der Waals surface area contributed by atoms with Crippen LogP contribution in [0.15, 0.2) is 36.5 Å². The minimum atomic E-state index is 0. The molecule has 0 fully saturated rings. The molecule has 2 aliphatic rings. The van der Waals surface area contributed by atoms with Crippen molar-refractivity contribution in [1.29, 1.82) is 0 Å². The molecule has 3 heteroatoms. The van der Waals surface area contributed by atoms with Gasteiger partial charge in [0.2, 0.25) is 0 Å². The topological polar surface area (TPSA) is 40.5 Å². The van der Waals surface area contributed by atoms with Gasteiger partial charge in [0.05, 0.1) is 0 Å². The molecule has 2 aliphatic carbocycles. The SMILES string of the molecule is Cc1c(C)c(C)c(O)c(C)c1C.Cc1c(C)c(C)c(O)c(C)c1C.[C-]1=CC=CC1.[C-]1=CC=CC1.[Zr+2]. The van der Waals surface area contributed by atoms with E-state index in [-0.39, 0.29) is 26.2 Å². The Hall–Kier alpha value is -2.12. The Balaban J connectivity index is 0.000000468. The summed E-state index contributed by atoms with van der Waals surface area (Å²) in [6, 6.07) is 0. The van der Waals surface area contributed by atoms with Crippen molar-refractivity contribution in [2.24, 2.45) is 0 Å². The van der Waals surface area contributed by atoms with Crippen LogP contribution in [0.2, 0.25) is 0 Å². The Morgan fingerprint density at radius 2 is 0.686 bits per heavy atom. The monoisotopic (exact) mass is 548 g/mol. The fourth-order valence-corrected chi connectivity index (χ4v) is 3.64. The molecule has 0 radical (unpaired) electrons. The molecule has 0 aromatic heterocycles. The number of hydrogen-bond acceptors (Lipinski definition) is 2. The Kier molecular flexibility index (Phi) is 14.8. The van der Waals surface area contributed by atoms with E-state index in [2.05, 4.69) is 65.8 Å². The van der Waals surface area contributed by atoms with E-state index < -0.39 is 0 Å². The van der Waals surface area contributed by atoms with Crippen molar-refractivity contribution in [2.45, 2.75) is 82.1 Å². The van der Waals surface area contributed by atoms with Crippen molar-refractivity contribution in [1.82, 2.24) is 0 Å². The summed E-state index contributed by atoms with van der Waals surface area (Å²) in [6.07, 6.45) is 20.0. The van der Waals surface area contributed by atoms with Gasteiger partial charge in [0.1, 0.15) is 11.5 Å². The third kappa shape index (κ3) is 9.12. The largest absolute Gasteiger partial charge is 2.00 e. The Morgan fingerprint density at radius 3 is 0.829 bits per heavy atom. The van der Waals surface area contributed by atoms with E-state index >= 15 is 0 Å². The van der Waals surface area contributed by atoms with Crippen LogP contribution in [0.5, 0.6) is 11.5 Å². The van der Waals surface area contributed by atoms with E-state index in [9.17, 15) is 10.2 Å². The predicted molar refractivity (Wildman–Crippen MR) is 147 cm³/mol. The van der Waals surface area contributed by atoms with E-state index in [4.69, 9.17) is 0 Å². The summed E-state index contributed by atoms with van der Waals surface area (Å²) in [5.74, 6) is 0.909. The van der Waals surface area contributed by atoms with Gasteiger partial charge >= 0.3 is 26.2 Å². The molecule has 0 heterocycles. The first-order valence-electron chi connectivity index (χ1n) is 11.9. The van der Waals surface area contributed by atoms with Crippen LogP contribution < -0.4 is 0 Å². The second-order valence-electron chi connectivity index (χ2n) is 8.95. The van der Waals surface area contributed by atoms with Gasteiger partial charge in [-0.05, 0) is 125 Å². The average molecular weight is 550 g/mol. The van der Waals surface area contributed by atoms with Crippen molar-refractivity contribution in [3.05, 3.63) is 104 Å². The number of rotatable bonds is 0. The van der Waals surface area contributed by atoms with Crippen LogP contribution in [-0.2, 0) is 26.2 Å². The first-order chi connectivity index (χ1) is 15.9. The van der Waals surface area contributed by atoms with Crippen LogP contribution >= 0.6 is 0 Å². The van der Waals surface area contributed by atoms with Gasteiger partial charge in [-0.25, -0.2) is 24.3 Å². The number of phenols is 2. The van der Waals surface area contributed by atoms with Gasteiger partial charge in [-0.2, -0.15) is 12.2 Å². The fraction of sp³-hybridized carbons (Fsp3) is 0.375. The summed E-state index contributed by atoms with van der Waals surface area (Å²) in [7, 11) is 0. The second-order valence-corrected chi connectivity index (χ2v) is 8.95. The van der Waals surface area contributed by atoms with E-state index in [0.717, 1.165) is 35.1 Å². The summed E-state index contributed by atoms with van der Waals surface area (Å²) in [4.78, 5) is 0. The average Bonchev–Trinajstić information content (AvgIpc) is 3.61. The van der Waals surface area contributed by atoms with E-state index in [1.807, 2.05) is 52.0 Å². The van der Waals surface area contributed by atoms with Gasteiger partial charge in [0.25, 0.3) is 0 Å². The Bertz CT molecular complexity index is 796. The summed E-state index contributed by atoms with van der Waals surface area (Å²) < 4.78 is 0. The van der Waals surface area contributed by atoms with E-state index in [0.29, 0.717) is 11.5 Å². The quantitative estimate of drug-likeness (QED) is 0.324. The molecule has 0 unspecified atom stereocenters. The van der Waals surface area contributed by atoms with Crippen molar-refractivity contribution >= 4 is 0 Å². The van der Waals surface area contributed by atoms with Gasteiger partial charge in [0, 0.05) is 0 Å². The van der Waals surface area contributed by atoms with Crippen molar-refractivity contribution in [2.75, 3.05) is 0 Å². The summed E-state index contributed by atoms with van der Waals surface area (Å²) >= 11 is 0. The zero-order chi connectivity index (χ0) is 26.0. The standard InChI is InChI=1S/2C11H16O.2C5H5.Zr/c2*1-6-7(2)9(4)11(12)10(5)8(6)3;2*1-2-4-5-3-1;/h2*12H,1-5H3;2*1-3H,4H2;/q;;2*-1;+2. The van der Waals surface area contributed by atoms with E-state index in [1.165, 1.54) is 33.4 Å². The maximum Gasteiger partial charge on any atom is 2.00 e. The first-order valence-corrected chi connectivity index (χ1v) is 11.9. The molecule has 0 spiro atoms. The number of benzene rings is 2. The smallest absolute Gasteiger partial charge is 0.507 e. The molecule has 2 aromatic rings. The van der Waals surface area contributed by atoms with Crippen LogP contribution in [0.1, 0.15) is 68.5 Å². The minimum Gasteiger partial charge on any atom is -0.507 e. The summed E-state index contributed by atoms with van der Waals surface area (Å²) in [5.41, 5.74) is 11.4. The zero-order valence-electron chi connectivity index (χ0n) is 23.3. The third-order valence-corrected chi connectivity index (χ3v) is 7.09. The van der Waals surface area contributed by atoms with Crippen molar-refractivity contribution in [3.63, 3.8) is 0 Å². The number of aromatic hydroxyl groups is 2. The number of phenolic OH excluding ortho intramolecular Hbond substituents is 2. The van der Waals surface area contributed by atoms with Crippen LogP contribution in [0.25, 0.3) is 0 Å². The molecule has 4 rings (SSSR count). The third-order valence-electron chi connectivity index (χ3n) is 7.09. The van der Waals surface area contributed by atoms with Crippen LogP contribution in [0, 0.1) is 81.4 Å². The molecule has 0 aliphatic heterocycles. The number of allylic oxidation sites excluding steroid dienone is 8. The van der Waals surface area contributed by atoms with Crippen molar-refractivity contribution in [3.8, 4) is 11.5 Å². The van der Waals surface area contributed by atoms with Crippen LogP contribution in [-0.4, -0.2) is 10.2 Å². The molecular formula is C32H42O2Zr. The van der Waals surface area contributed by atoms with Gasteiger partial charge in [-0.15, -0.1) is 12.8 Å². The molecule has 0 saturated heterocycles. The van der Waals surface area contributed by atoms with Crippen LogP contribution in [0.4, 0.5) is 0 Å². The van der Waals surface area contributed by atoms with E-state index in [1.54, 1.807) is 0 Å². The molecule has 2 N–H and O–H groups in total. The number of hydrogen-bond donors (Lipinski definition) is 2. The molecule has 2 nitrogen and oxygen atoms in total. The molecule has 186 valence electrons. The second kappa shape index (κ2) is 15.8. The zero-order valence-corrected chi connectivity index (χ0v) is 25.7. The molecule has 0 amide bonds. The van der Waals surface area contributed by atoms with Gasteiger partial charge < -0.3 is 10.2 Å².